The normalized spacial score (nSPS) is 13.5. The number of ether oxygens (including phenoxy) is 1. The first-order valence-electron chi connectivity index (χ1n) is 10.8. The van der Waals surface area contributed by atoms with Crippen molar-refractivity contribution in [3.63, 3.8) is 0 Å². The number of para-hydroxylation sites is 2. The van der Waals surface area contributed by atoms with Crippen molar-refractivity contribution in [1.29, 1.82) is 0 Å². The average molecular weight is 513 g/mol. The van der Waals surface area contributed by atoms with Crippen LogP contribution in [0, 0.1) is 0 Å². The summed E-state index contributed by atoms with van der Waals surface area (Å²) < 4.78 is 21.3. The van der Waals surface area contributed by atoms with E-state index in [9.17, 15) is 9.00 Å². The van der Waals surface area contributed by atoms with Crippen LogP contribution in [0.1, 0.15) is 34.1 Å². The molecule has 2 aromatic carbocycles. The summed E-state index contributed by atoms with van der Waals surface area (Å²) in [4.78, 5) is 23.9. The van der Waals surface area contributed by atoms with Gasteiger partial charge in [-0.05, 0) is 68.1 Å². The second-order valence-electron chi connectivity index (χ2n) is 7.64. The fourth-order valence-corrected chi connectivity index (χ4v) is 6.10. The van der Waals surface area contributed by atoms with Crippen LogP contribution in [0.5, 0.6) is 0 Å². The van der Waals surface area contributed by atoms with E-state index in [2.05, 4.69) is 15.0 Å². The molecule has 10 heteroatoms. The van der Waals surface area contributed by atoms with Crippen LogP contribution in [0.2, 0.25) is 5.02 Å². The van der Waals surface area contributed by atoms with Gasteiger partial charge in [0.1, 0.15) is 5.00 Å². The summed E-state index contributed by atoms with van der Waals surface area (Å²) in [5, 5.41) is 4.52. The molecule has 1 aliphatic rings. The van der Waals surface area contributed by atoms with Crippen LogP contribution < -0.4 is 10.0 Å². The number of carbonyl (C=O) groups excluding carboxylic acids is 1. The van der Waals surface area contributed by atoms with E-state index in [1.54, 1.807) is 31.2 Å². The number of halogens is 1. The van der Waals surface area contributed by atoms with E-state index in [1.165, 1.54) is 16.2 Å². The molecule has 7 nitrogen and oxygen atoms in total. The minimum atomic E-state index is -1.60. The Labute approximate surface area is 208 Å². The molecule has 0 bridgehead atoms. The molecule has 0 saturated heterocycles. The molecular formula is C24H21ClN4O3S2. The Morgan fingerprint density at radius 2 is 1.79 bits per heavy atom. The molecule has 5 rings (SSSR count). The van der Waals surface area contributed by atoms with Crippen molar-refractivity contribution in [3.05, 3.63) is 69.6 Å². The van der Waals surface area contributed by atoms with Crippen LogP contribution in [0.15, 0.2) is 53.4 Å². The Bertz CT molecular complexity index is 1410. The molecule has 2 aromatic heterocycles. The number of anilines is 3. The number of rotatable bonds is 7. The molecule has 4 aromatic rings. The Morgan fingerprint density at radius 3 is 2.50 bits per heavy atom. The highest BCUT2D eigenvalue weighted by molar-refractivity contribution is 7.86. The summed E-state index contributed by atoms with van der Waals surface area (Å²) >= 11 is 7.49. The first-order chi connectivity index (χ1) is 16.5. The Morgan fingerprint density at radius 1 is 1.09 bits per heavy atom. The van der Waals surface area contributed by atoms with Crippen molar-refractivity contribution in [3.8, 4) is 0 Å². The van der Waals surface area contributed by atoms with Crippen molar-refractivity contribution in [2.45, 2.75) is 31.1 Å². The summed E-state index contributed by atoms with van der Waals surface area (Å²) in [6.45, 7) is 2.09. The number of esters is 1. The number of fused-ring (bicyclic) bond motifs is 2. The molecule has 0 fully saturated rings. The topological polar surface area (TPSA) is 93.2 Å². The number of benzene rings is 2. The van der Waals surface area contributed by atoms with Crippen LogP contribution in [0.4, 0.5) is 16.6 Å². The van der Waals surface area contributed by atoms with Crippen LogP contribution in [-0.2, 0) is 28.6 Å². The molecule has 2 N–H and O–H groups in total. The quantitative estimate of drug-likeness (QED) is 0.300. The van der Waals surface area contributed by atoms with E-state index in [4.69, 9.17) is 21.3 Å². The lowest BCUT2D eigenvalue weighted by Crippen LogP contribution is -2.12. The van der Waals surface area contributed by atoms with E-state index in [0.717, 1.165) is 24.8 Å². The van der Waals surface area contributed by atoms with Crippen LogP contribution in [-0.4, -0.2) is 26.8 Å². The van der Waals surface area contributed by atoms with Gasteiger partial charge in [0.15, 0.2) is 22.6 Å². The van der Waals surface area contributed by atoms with E-state index in [-0.39, 0.29) is 5.97 Å². The van der Waals surface area contributed by atoms with Gasteiger partial charge < -0.3 is 10.1 Å². The number of hydrogen-bond donors (Lipinski definition) is 2. The van der Waals surface area contributed by atoms with Gasteiger partial charge in [-0.25, -0.2) is 19.0 Å². The van der Waals surface area contributed by atoms with Gasteiger partial charge in [0.25, 0.3) is 0 Å². The fourth-order valence-electron chi connectivity index (χ4n) is 3.88. The van der Waals surface area contributed by atoms with Gasteiger partial charge >= 0.3 is 5.97 Å². The Balaban J connectivity index is 1.55. The second-order valence-corrected chi connectivity index (χ2v) is 10.4. The van der Waals surface area contributed by atoms with Gasteiger partial charge in [-0.15, -0.1) is 11.3 Å². The third-order valence-corrected chi connectivity index (χ3v) is 7.96. The molecule has 0 radical (unpaired) electrons. The summed E-state index contributed by atoms with van der Waals surface area (Å²) in [6, 6.07) is 14.2. The van der Waals surface area contributed by atoms with Crippen LogP contribution >= 0.6 is 22.9 Å². The summed E-state index contributed by atoms with van der Waals surface area (Å²) in [7, 11) is -1.60. The number of aryl methyl sites for hydroxylation is 1. The van der Waals surface area contributed by atoms with Gasteiger partial charge in [0, 0.05) is 9.90 Å². The number of nitrogens with one attached hydrogen (secondary N) is 2. The average Bonchev–Trinajstić information content (AvgIpc) is 3.41. The zero-order valence-corrected chi connectivity index (χ0v) is 20.6. The lowest BCUT2D eigenvalue weighted by Gasteiger charge is -2.14. The molecule has 0 amide bonds. The summed E-state index contributed by atoms with van der Waals surface area (Å²) in [5.74, 6) is 0.347. The molecule has 174 valence electrons. The molecule has 1 atom stereocenters. The fraction of sp³-hybridized carbons (Fsp3) is 0.208. The van der Waals surface area contributed by atoms with Crippen molar-refractivity contribution in [2.24, 2.45) is 0 Å². The van der Waals surface area contributed by atoms with E-state index in [1.807, 2.05) is 24.3 Å². The highest BCUT2D eigenvalue weighted by Gasteiger charge is 2.28. The molecule has 1 unspecified atom stereocenters. The SMILES string of the molecule is CCOC(=O)c1c(Nc2nc3ccccc3nc2NS(=O)c2ccc(Cl)cc2)sc2c1CCC2. The zero-order chi connectivity index (χ0) is 23.7. The summed E-state index contributed by atoms with van der Waals surface area (Å²) in [5.41, 5.74) is 2.93. The first kappa shape index (κ1) is 22.8. The largest absolute Gasteiger partial charge is 0.462 e. The lowest BCUT2D eigenvalue weighted by molar-refractivity contribution is 0.0527. The maximum Gasteiger partial charge on any atom is 0.341 e. The maximum atomic E-state index is 13.0. The third kappa shape index (κ3) is 4.51. The van der Waals surface area contributed by atoms with Crippen molar-refractivity contribution in [2.75, 3.05) is 16.6 Å². The molecule has 0 spiro atoms. The van der Waals surface area contributed by atoms with Crippen LogP contribution in [0.25, 0.3) is 11.0 Å². The van der Waals surface area contributed by atoms with E-state index < -0.39 is 11.0 Å². The Hall–Kier alpha value is -3.01. The highest BCUT2D eigenvalue weighted by atomic mass is 35.5. The van der Waals surface area contributed by atoms with Crippen molar-refractivity contribution >= 4 is 67.6 Å². The van der Waals surface area contributed by atoms with Gasteiger partial charge in [0.05, 0.1) is 28.1 Å². The molecule has 34 heavy (non-hydrogen) atoms. The monoisotopic (exact) mass is 512 g/mol. The number of aromatic nitrogens is 2. The molecule has 2 heterocycles. The van der Waals surface area contributed by atoms with Crippen molar-refractivity contribution < 1.29 is 13.7 Å². The van der Waals surface area contributed by atoms with Gasteiger partial charge in [-0.3, -0.25) is 4.72 Å². The Kier molecular flexibility index (Phi) is 6.49. The van der Waals surface area contributed by atoms with Crippen molar-refractivity contribution in [1.82, 2.24) is 9.97 Å². The number of nitrogens with zero attached hydrogens (tertiary/aromatic N) is 2. The minimum Gasteiger partial charge on any atom is -0.462 e. The summed E-state index contributed by atoms with van der Waals surface area (Å²) in [6.07, 6.45) is 2.80. The number of carbonyl (C=O) groups is 1. The molecular weight excluding hydrogens is 492 g/mol. The van der Waals surface area contributed by atoms with E-state index >= 15 is 0 Å². The molecule has 0 saturated carbocycles. The smallest absolute Gasteiger partial charge is 0.341 e. The molecule has 0 aliphatic heterocycles. The highest BCUT2D eigenvalue weighted by Crippen LogP contribution is 2.41. The predicted molar refractivity (Wildman–Crippen MR) is 137 cm³/mol. The first-order valence-corrected chi connectivity index (χ1v) is 13.2. The molecule has 1 aliphatic carbocycles. The number of thiophene rings is 1. The van der Waals surface area contributed by atoms with Crippen LogP contribution in [0.3, 0.4) is 0 Å². The predicted octanol–water partition coefficient (Wildman–Crippen LogP) is 5.89. The van der Waals surface area contributed by atoms with E-state index in [0.29, 0.717) is 49.8 Å². The minimum absolute atomic E-state index is 0.297. The second kappa shape index (κ2) is 9.69. The van der Waals surface area contributed by atoms with Gasteiger partial charge in [-0.2, -0.15) is 0 Å². The third-order valence-electron chi connectivity index (χ3n) is 5.42. The number of hydrogen-bond acceptors (Lipinski definition) is 7. The zero-order valence-electron chi connectivity index (χ0n) is 18.3. The lowest BCUT2D eigenvalue weighted by atomic mass is 10.1. The van der Waals surface area contributed by atoms with Gasteiger partial charge in [0.2, 0.25) is 0 Å². The van der Waals surface area contributed by atoms with Gasteiger partial charge in [-0.1, -0.05) is 23.7 Å². The standard InChI is InChI=1S/C24H21ClN4O3S2/c1-2-32-24(30)20-16-6-5-9-19(16)33-23(20)28-21-22(27-18-8-4-3-7-17(18)26-21)29-34(31)15-12-10-14(25)11-13-15/h3-4,7-8,10-13H,2,5-6,9H2,1H3,(H,26,28)(H,27,29). The maximum absolute atomic E-state index is 13.0.